The number of carbonyl (C=O) groups excluding carboxylic acids is 1. The first kappa shape index (κ1) is 19.4. The molecular formula is C17H24N4O3S. The number of nitriles is 1. The first-order valence-corrected chi connectivity index (χ1v) is 9.86. The van der Waals surface area contributed by atoms with Gasteiger partial charge in [-0.3, -0.25) is 9.69 Å². The van der Waals surface area contributed by atoms with E-state index < -0.39 is 10.0 Å². The smallest absolute Gasteiger partial charge is 0.253 e. The first-order valence-electron chi connectivity index (χ1n) is 8.42. The number of piperazine rings is 1. The molecular weight excluding hydrogens is 340 g/mol. The van der Waals surface area contributed by atoms with E-state index in [9.17, 15) is 13.2 Å². The topological polar surface area (TPSA) is 84.7 Å². The summed E-state index contributed by atoms with van der Waals surface area (Å²) in [5.74, 6) is -0.0981. The molecule has 1 saturated heterocycles. The summed E-state index contributed by atoms with van der Waals surface area (Å²) in [5.41, 5.74) is 0.487. The maximum atomic E-state index is 12.7. The van der Waals surface area contributed by atoms with E-state index in [1.54, 1.807) is 17.0 Å². The van der Waals surface area contributed by atoms with Gasteiger partial charge in [0.1, 0.15) is 0 Å². The Kier molecular flexibility index (Phi) is 6.53. The van der Waals surface area contributed by atoms with Crippen molar-refractivity contribution in [1.29, 1.82) is 5.26 Å². The fourth-order valence-electron chi connectivity index (χ4n) is 2.84. The Morgan fingerprint density at radius 1 is 1.12 bits per heavy atom. The molecule has 0 spiro atoms. The van der Waals surface area contributed by atoms with Crippen LogP contribution in [0.5, 0.6) is 0 Å². The standard InChI is InChI=1S/C17H24N4O3S/c1-3-20(4-2)17(22)15-5-7-16(8-6-15)25(23,24)21-13-11-19(10-9-18)12-14-21/h5-8H,3-4,10-14H2,1-2H3. The van der Waals surface area contributed by atoms with Gasteiger partial charge in [0, 0.05) is 44.8 Å². The van der Waals surface area contributed by atoms with Gasteiger partial charge in [-0.1, -0.05) is 0 Å². The predicted octanol–water partition coefficient (Wildman–Crippen LogP) is 0.998. The summed E-state index contributed by atoms with van der Waals surface area (Å²) in [6.07, 6.45) is 0. The van der Waals surface area contributed by atoms with Crippen LogP contribution in [0, 0.1) is 11.3 Å². The minimum Gasteiger partial charge on any atom is -0.339 e. The van der Waals surface area contributed by atoms with Gasteiger partial charge < -0.3 is 4.90 Å². The third kappa shape index (κ3) is 4.37. The minimum atomic E-state index is -3.58. The Labute approximate surface area is 149 Å². The molecule has 1 fully saturated rings. The van der Waals surface area contributed by atoms with Crippen molar-refractivity contribution in [2.75, 3.05) is 45.8 Å². The van der Waals surface area contributed by atoms with E-state index >= 15 is 0 Å². The molecule has 1 heterocycles. The number of hydrogen-bond acceptors (Lipinski definition) is 5. The zero-order valence-electron chi connectivity index (χ0n) is 14.7. The van der Waals surface area contributed by atoms with Crippen LogP contribution in [-0.4, -0.2) is 74.2 Å². The van der Waals surface area contributed by atoms with Crippen molar-refractivity contribution in [2.45, 2.75) is 18.7 Å². The molecule has 0 bridgehead atoms. The summed E-state index contributed by atoms with van der Waals surface area (Å²) >= 11 is 0. The molecule has 0 radical (unpaired) electrons. The number of amides is 1. The summed E-state index contributed by atoms with van der Waals surface area (Å²) in [4.78, 5) is 16.1. The molecule has 1 aliphatic rings. The lowest BCUT2D eigenvalue weighted by atomic mass is 10.2. The minimum absolute atomic E-state index is 0.0981. The Bertz CT molecular complexity index is 728. The van der Waals surface area contributed by atoms with E-state index in [2.05, 4.69) is 6.07 Å². The highest BCUT2D eigenvalue weighted by molar-refractivity contribution is 7.89. The van der Waals surface area contributed by atoms with Crippen molar-refractivity contribution in [3.8, 4) is 6.07 Å². The summed E-state index contributed by atoms with van der Waals surface area (Å²) in [7, 11) is -3.58. The van der Waals surface area contributed by atoms with Crippen LogP contribution in [0.1, 0.15) is 24.2 Å². The molecule has 1 aromatic carbocycles. The summed E-state index contributed by atoms with van der Waals surface area (Å²) < 4.78 is 26.9. The Morgan fingerprint density at radius 3 is 2.16 bits per heavy atom. The molecule has 0 aliphatic carbocycles. The fraction of sp³-hybridized carbons (Fsp3) is 0.529. The number of rotatable bonds is 6. The second-order valence-corrected chi connectivity index (χ2v) is 7.78. The lowest BCUT2D eigenvalue weighted by molar-refractivity contribution is 0.0773. The van der Waals surface area contributed by atoms with E-state index in [-0.39, 0.29) is 10.8 Å². The highest BCUT2D eigenvalue weighted by Crippen LogP contribution is 2.19. The van der Waals surface area contributed by atoms with Gasteiger partial charge in [0.2, 0.25) is 10.0 Å². The van der Waals surface area contributed by atoms with E-state index in [1.165, 1.54) is 16.4 Å². The molecule has 0 atom stereocenters. The average Bonchev–Trinajstić information content (AvgIpc) is 2.63. The monoisotopic (exact) mass is 364 g/mol. The van der Waals surface area contributed by atoms with E-state index in [4.69, 9.17) is 5.26 Å². The van der Waals surface area contributed by atoms with Gasteiger partial charge in [-0.25, -0.2) is 8.42 Å². The quantitative estimate of drug-likeness (QED) is 0.703. The van der Waals surface area contributed by atoms with Crippen LogP contribution < -0.4 is 0 Å². The molecule has 0 unspecified atom stereocenters. The highest BCUT2D eigenvalue weighted by Gasteiger charge is 2.28. The lowest BCUT2D eigenvalue weighted by Crippen LogP contribution is -2.48. The number of hydrogen-bond donors (Lipinski definition) is 0. The second-order valence-electron chi connectivity index (χ2n) is 5.84. The Morgan fingerprint density at radius 2 is 1.68 bits per heavy atom. The van der Waals surface area contributed by atoms with Crippen molar-refractivity contribution in [1.82, 2.24) is 14.1 Å². The summed E-state index contributed by atoms with van der Waals surface area (Å²) in [6, 6.07) is 8.21. The molecule has 1 amide bonds. The number of carbonyl (C=O) groups is 1. The SMILES string of the molecule is CCN(CC)C(=O)c1ccc(S(=O)(=O)N2CCN(CC#N)CC2)cc1. The predicted molar refractivity (Wildman–Crippen MR) is 94.5 cm³/mol. The average molecular weight is 364 g/mol. The van der Waals surface area contributed by atoms with Crippen LogP contribution in [0.4, 0.5) is 0 Å². The lowest BCUT2D eigenvalue weighted by Gasteiger charge is -2.32. The zero-order chi connectivity index (χ0) is 18.4. The van der Waals surface area contributed by atoms with Gasteiger partial charge in [-0.15, -0.1) is 0 Å². The van der Waals surface area contributed by atoms with E-state index in [0.717, 1.165) is 0 Å². The normalized spacial score (nSPS) is 16.4. The largest absolute Gasteiger partial charge is 0.339 e. The number of nitrogens with zero attached hydrogens (tertiary/aromatic N) is 4. The third-order valence-corrected chi connectivity index (χ3v) is 6.33. The maximum absolute atomic E-state index is 12.7. The highest BCUT2D eigenvalue weighted by atomic mass is 32.2. The van der Waals surface area contributed by atoms with Crippen molar-refractivity contribution >= 4 is 15.9 Å². The van der Waals surface area contributed by atoms with Crippen LogP contribution in [0.2, 0.25) is 0 Å². The van der Waals surface area contributed by atoms with Gasteiger partial charge >= 0.3 is 0 Å². The molecule has 136 valence electrons. The maximum Gasteiger partial charge on any atom is 0.253 e. The van der Waals surface area contributed by atoms with E-state index in [1.807, 2.05) is 18.7 Å². The van der Waals surface area contributed by atoms with Crippen LogP contribution in [0.3, 0.4) is 0 Å². The third-order valence-electron chi connectivity index (χ3n) is 4.42. The molecule has 2 rings (SSSR count). The summed E-state index contributed by atoms with van der Waals surface area (Å²) in [5, 5.41) is 8.71. The van der Waals surface area contributed by atoms with Gasteiger partial charge in [0.15, 0.2) is 0 Å². The number of sulfonamides is 1. The van der Waals surface area contributed by atoms with Gasteiger partial charge in [0.05, 0.1) is 17.5 Å². The summed E-state index contributed by atoms with van der Waals surface area (Å²) in [6.45, 7) is 7.18. The van der Waals surface area contributed by atoms with E-state index in [0.29, 0.717) is 51.4 Å². The molecule has 8 heteroatoms. The molecule has 25 heavy (non-hydrogen) atoms. The van der Waals surface area contributed by atoms with Crippen LogP contribution in [-0.2, 0) is 10.0 Å². The fourth-order valence-corrected chi connectivity index (χ4v) is 4.26. The second kappa shape index (κ2) is 8.43. The van der Waals surface area contributed by atoms with Crippen LogP contribution in [0.25, 0.3) is 0 Å². The van der Waals surface area contributed by atoms with Crippen LogP contribution in [0.15, 0.2) is 29.2 Å². The van der Waals surface area contributed by atoms with Crippen molar-refractivity contribution in [3.63, 3.8) is 0 Å². The molecule has 1 aliphatic heterocycles. The van der Waals surface area contributed by atoms with Crippen molar-refractivity contribution < 1.29 is 13.2 Å². The zero-order valence-corrected chi connectivity index (χ0v) is 15.5. The van der Waals surface area contributed by atoms with Gasteiger partial charge in [-0.2, -0.15) is 9.57 Å². The molecule has 0 saturated carbocycles. The first-order chi connectivity index (χ1) is 11.9. The Balaban J connectivity index is 2.11. The van der Waals surface area contributed by atoms with Crippen molar-refractivity contribution in [2.24, 2.45) is 0 Å². The molecule has 1 aromatic rings. The van der Waals surface area contributed by atoms with Crippen LogP contribution >= 0.6 is 0 Å². The number of benzene rings is 1. The molecule has 7 nitrogen and oxygen atoms in total. The molecule has 0 aromatic heterocycles. The van der Waals surface area contributed by atoms with Gasteiger partial charge in [0.25, 0.3) is 5.91 Å². The molecule has 0 N–H and O–H groups in total. The van der Waals surface area contributed by atoms with Gasteiger partial charge in [-0.05, 0) is 38.1 Å². The Hall–Kier alpha value is -1.95. The van der Waals surface area contributed by atoms with Crippen molar-refractivity contribution in [3.05, 3.63) is 29.8 Å².